The van der Waals surface area contributed by atoms with Gasteiger partial charge in [0.1, 0.15) is 0 Å². The molecule has 0 saturated heterocycles. The van der Waals surface area contributed by atoms with Crippen LogP contribution in [0.25, 0.3) is 0 Å². The number of sulfone groups is 1. The molecular formula is C12H16N2O6S. The second-order valence-electron chi connectivity index (χ2n) is 4.19. The minimum absolute atomic E-state index is 0.138. The standard InChI is InChI=1S/C12H16N2O6S/c1-20-10(11(15)16)7-13-12(17)14-8-3-5-9(6-4-8)21(2,18)19/h3-6,10H,7H2,1-2H3,(H,15,16)(H2,13,14,17). The van der Waals surface area contributed by atoms with Gasteiger partial charge in [-0.3, -0.25) is 0 Å². The Hall–Kier alpha value is -2.13. The van der Waals surface area contributed by atoms with Gasteiger partial charge in [0.05, 0.1) is 11.4 Å². The van der Waals surface area contributed by atoms with Crippen molar-refractivity contribution in [2.45, 2.75) is 11.0 Å². The van der Waals surface area contributed by atoms with Crippen LogP contribution in [0.1, 0.15) is 0 Å². The van der Waals surface area contributed by atoms with E-state index in [4.69, 9.17) is 5.11 Å². The monoisotopic (exact) mass is 316 g/mol. The van der Waals surface area contributed by atoms with Crippen LogP contribution >= 0.6 is 0 Å². The van der Waals surface area contributed by atoms with Gasteiger partial charge in [-0.05, 0) is 24.3 Å². The minimum atomic E-state index is -3.29. The summed E-state index contributed by atoms with van der Waals surface area (Å²) in [5, 5.41) is 13.5. The van der Waals surface area contributed by atoms with Gasteiger partial charge >= 0.3 is 12.0 Å². The highest BCUT2D eigenvalue weighted by Gasteiger charge is 2.17. The minimum Gasteiger partial charge on any atom is -0.479 e. The van der Waals surface area contributed by atoms with E-state index >= 15 is 0 Å². The number of urea groups is 1. The number of ether oxygens (including phenoxy) is 1. The number of carbonyl (C=O) groups is 2. The van der Waals surface area contributed by atoms with Crippen LogP contribution in [0.2, 0.25) is 0 Å². The van der Waals surface area contributed by atoms with Crippen molar-refractivity contribution < 1.29 is 27.9 Å². The van der Waals surface area contributed by atoms with Gasteiger partial charge in [-0.25, -0.2) is 18.0 Å². The molecule has 1 rings (SSSR count). The summed E-state index contributed by atoms with van der Waals surface area (Å²) in [6.07, 6.45) is -0.0535. The van der Waals surface area contributed by atoms with E-state index in [0.29, 0.717) is 5.69 Å². The third-order valence-electron chi connectivity index (χ3n) is 2.55. The van der Waals surface area contributed by atoms with Crippen molar-refractivity contribution in [3.63, 3.8) is 0 Å². The molecule has 3 N–H and O–H groups in total. The van der Waals surface area contributed by atoms with Crippen molar-refractivity contribution in [1.29, 1.82) is 0 Å². The molecule has 8 nitrogen and oxygen atoms in total. The fraction of sp³-hybridized carbons (Fsp3) is 0.333. The SMILES string of the molecule is COC(CNC(=O)Nc1ccc(S(C)(=O)=O)cc1)C(=O)O. The summed E-state index contributed by atoms with van der Waals surface area (Å²) in [5.41, 5.74) is 0.379. The van der Waals surface area contributed by atoms with E-state index in [1.807, 2.05) is 0 Å². The molecule has 1 unspecified atom stereocenters. The van der Waals surface area contributed by atoms with Crippen LogP contribution < -0.4 is 10.6 Å². The lowest BCUT2D eigenvalue weighted by Crippen LogP contribution is -2.39. The Bertz CT molecular complexity index is 611. The fourth-order valence-electron chi connectivity index (χ4n) is 1.42. The van der Waals surface area contributed by atoms with Crippen molar-refractivity contribution in [2.75, 3.05) is 25.2 Å². The summed E-state index contributed by atoms with van der Waals surface area (Å²) in [6, 6.07) is 4.97. The van der Waals surface area contributed by atoms with Crippen molar-refractivity contribution in [2.24, 2.45) is 0 Å². The maximum Gasteiger partial charge on any atom is 0.334 e. The van der Waals surface area contributed by atoms with Gasteiger partial charge in [0.25, 0.3) is 0 Å². The first kappa shape index (κ1) is 16.9. The summed E-state index contributed by atoms with van der Waals surface area (Å²) in [4.78, 5) is 22.4. The maximum atomic E-state index is 11.5. The molecule has 9 heteroatoms. The predicted octanol–water partition coefficient (Wildman–Crippen LogP) is 0.311. The summed E-state index contributed by atoms with van der Waals surface area (Å²) in [7, 11) is -2.07. The molecule has 0 aromatic heterocycles. The molecule has 1 aromatic rings. The number of methoxy groups -OCH3 is 1. The van der Waals surface area contributed by atoms with Crippen LogP contribution in [-0.2, 0) is 19.4 Å². The fourth-order valence-corrected chi connectivity index (χ4v) is 2.05. The van der Waals surface area contributed by atoms with Gasteiger partial charge < -0.3 is 20.5 Å². The third-order valence-corrected chi connectivity index (χ3v) is 3.68. The zero-order chi connectivity index (χ0) is 16.0. The quantitative estimate of drug-likeness (QED) is 0.694. The highest BCUT2D eigenvalue weighted by molar-refractivity contribution is 7.90. The number of anilines is 1. The molecule has 0 radical (unpaired) electrons. The number of benzene rings is 1. The Morgan fingerprint density at radius 1 is 1.29 bits per heavy atom. The van der Waals surface area contributed by atoms with Crippen molar-refractivity contribution in [3.05, 3.63) is 24.3 Å². The number of nitrogens with one attached hydrogen (secondary N) is 2. The molecule has 0 aliphatic rings. The number of hydrogen-bond acceptors (Lipinski definition) is 5. The van der Waals surface area contributed by atoms with Crippen LogP contribution in [0.4, 0.5) is 10.5 Å². The van der Waals surface area contributed by atoms with E-state index in [1.165, 1.54) is 31.4 Å². The smallest absolute Gasteiger partial charge is 0.334 e. The molecule has 0 aliphatic carbocycles. The second-order valence-corrected chi connectivity index (χ2v) is 6.21. The van der Waals surface area contributed by atoms with Gasteiger partial charge in [-0.1, -0.05) is 0 Å². The molecule has 0 spiro atoms. The molecule has 0 fully saturated rings. The zero-order valence-corrected chi connectivity index (χ0v) is 12.3. The van der Waals surface area contributed by atoms with E-state index in [1.54, 1.807) is 0 Å². The van der Waals surface area contributed by atoms with Gasteiger partial charge in [-0.15, -0.1) is 0 Å². The highest BCUT2D eigenvalue weighted by Crippen LogP contribution is 2.13. The lowest BCUT2D eigenvalue weighted by atomic mass is 10.3. The predicted molar refractivity (Wildman–Crippen MR) is 75.0 cm³/mol. The van der Waals surface area contributed by atoms with Crippen LogP contribution in [-0.4, -0.2) is 51.5 Å². The first-order chi connectivity index (χ1) is 9.74. The lowest BCUT2D eigenvalue weighted by Gasteiger charge is -2.12. The summed E-state index contributed by atoms with van der Waals surface area (Å²) in [6.45, 7) is -0.195. The average molecular weight is 316 g/mol. The number of amides is 2. The lowest BCUT2D eigenvalue weighted by molar-refractivity contribution is -0.147. The van der Waals surface area contributed by atoms with Gasteiger partial charge in [-0.2, -0.15) is 0 Å². The maximum absolute atomic E-state index is 11.5. The summed E-state index contributed by atoms with van der Waals surface area (Å²) < 4.78 is 27.2. The second kappa shape index (κ2) is 7.04. The highest BCUT2D eigenvalue weighted by atomic mass is 32.2. The zero-order valence-electron chi connectivity index (χ0n) is 11.5. The number of carboxylic acids is 1. The molecule has 1 aromatic carbocycles. The Morgan fingerprint density at radius 2 is 1.86 bits per heavy atom. The van der Waals surface area contributed by atoms with Gasteiger partial charge in [0.2, 0.25) is 0 Å². The molecule has 116 valence electrons. The van der Waals surface area contributed by atoms with Crippen LogP contribution in [0.5, 0.6) is 0 Å². The van der Waals surface area contributed by atoms with E-state index < -0.39 is 27.9 Å². The number of aliphatic carboxylic acids is 1. The number of rotatable bonds is 6. The molecule has 1 atom stereocenters. The van der Waals surface area contributed by atoms with Gasteiger partial charge in [0, 0.05) is 19.1 Å². The van der Waals surface area contributed by atoms with E-state index in [-0.39, 0.29) is 11.4 Å². The molecule has 0 aliphatic heterocycles. The molecule has 0 saturated carbocycles. The largest absolute Gasteiger partial charge is 0.479 e. The topological polar surface area (TPSA) is 122 Å². The number of carboxylic acid groups (broad SMARTS) is 1. The normalized spacial score (nSPS) is 12.5. The molecule has 21 heavy (non-hydrogen) atoms. The summed E-state index contributed by atoms with van der Waals surface area (Å²) >= 11 is 0. The Morgan fingerprint density at radius 3 is 2.29 bits per heavy atom. The van der Waals surface area contributed by atoms with Crippen LogP contribution in [0, 0.1) is 0 Å². The van der Waals surface area contributed by atoms with E-state index in [2.05, 4.69) is 15.4 Å². The number of carbonyl (C=O) groups excluding carboxylic acids is 1. The summed E-state index contributed by atoms with van der Waals surface area (Å²) in [5.74, 6) is -1.18. The van der Waals surface area contributed by atoms with Crippen molar-refractivity contribution in [3.8, 4) is 0 Å². The third kappa shape index (κ3) is 5.40. The Labute approximate surface area is 122 Å². The molecule has 0 bridgehead atoms. The molecule has 2 amide bonds. The van der Waals surface area contributed by atoms with Gasteiger partial charge in [0.15, 0.2) is 15.9 Å². The van der Waals surface area contributed by atoms with Crippen molar-refractivity contribution in [1.82, 2.24) is 5.32 Å². The van der Waals surface area contributed by atoms with Crippen molar-refractivity contribution >= 4 is 27.5 Å². The average Bonchev–Trinajstić information content (AvgIpc) is 2.38. The first-order valence-electron chi connectivity index (χ1n) is 5.84. The molecule has 0 heterocycles. The van der Waals surface area contributed by atoms with E-state index in [0.717, 1.165) is 6.26 Å². The van der Waals surface area contributed by atoms with E-state index in [9.17, 15) is 18.0 Å². The van der Waals surface area contributed by atoms with Crippen LogP contribution in [0.3, 0.4) is 0 Å². The Kier molecular flexibility index (Phi) is 5.68. The first-order valence-corrected chi connectivity index (χ1v) is 7.73. The van der Waals surface area contributed by atoms with Crippen LogP contribution in [0.15, 0.2) is 29.2 Å². The molecular weight excluding hydrogens is 300 g/mol. The number of hydrogen-bond donors (Lipinski definition) is 3. The Balaban J connectivity index is 2.57.